The van der Waals surface area contributed by atoms with Crippen molar-refractivity contribution in [3.8, 4) is 11.5 Å². The molecule has 0 aromatic heterocycles. The first-order chi connectivity index (χ1) is 20.5. The Bertz CT molecular complexity index is 1580. The molecule has 5 fully saturated rings. The number of rotatable bonds is 8. The monoisotopic (exact) mass is 564 g/mol. The van der Waals surface area contributed by atoms with E-state index in [1.165, 1.54) is 78.8 Å². The Morgan fingerprint density at radius 1 is 0.929 bits per heavy atom. The summed E-state index contributed by atoms with van der Waals surface area (Å²) >= 11 is 0. The predicted molar refractivity (Wildman–Crippen MR) is 164 cm³/mol. The Kier molecular flexibility index (Phi) is 5.40. The molecule has 5 saturated carbocycles. The van der Waals surface area contributed by atoms with Crippen LogP contribution in [0, 0.1) is 28.6 Å². The van der Waals surface area contributed by atoms with Crippen LogP contribution in [0.25, 0.3) is 10.8 Å². The molecule has 6 aliphatic carbocycles. The number of hydrogen-bond donors (Lipinski definition) is 0. The van der Waals surface area contributed by atoms with Crippen LogP contribution in [-0.4, -0.2) is 32.5 Å². The summed E-state index contributed by atoms with van der Waals surface area (Å²) in [6, 6.07) is 19.8. The van der Waals surface area contributed by atoms with Crippen molar-refractivity contribution in [2.24, 2.45) is 28.6 Å². The molecular formula is C38H44O4. The maximum absolute atomic E-state index is 7.22. The van der Waals surface area contributed by atoms with Gasteiger partial charge in [0.25, 0.3) is 0 Å². The minimum Gasteiger partial charge on any atom is -0.493 e. The molecular weight excluding hydrogens is 520 g/mol. The average molecular weight is 565 g/mol. The molecule has 1 unspecified atom stereocenters. The first-order valence-electron chi connectivity index (χ1n) is 16.4. The molecule has 1 heterocycles. The largest absolute Gasteiger partial charge is 0.493 e. The van der Waals surface area contributed by atoms with Gasteiger partial charge < -0.3 is 18.9 Å². The van der Waals surface area contributed by atoms with Gasteiger partial charge in [-0.05, 0) is 102 Å². The van der Waals surface area contributed by atoms with Gasteiger partial charge in [0.05, 0.1) is 20.3 Å². The van der Waals surface area contributed by atoms with Gasteiger partial charge in [-0.1, -0.05) is 62.2 Å². The molecule has 0 amide bonds. The Balaban J connectivity index is 1.11. The molecule has 3 aromatic rings. The SMILES string of the molecule is COc1ccc2c3c1O[C@H]1[C@@]4(OC)CC[C@@]5(C[C@@H]4COCc4ccc6ccccc6c4)[C@@H](C2)C(C)(CC2CC2)CC[C@]315. The number of ether oxygens (including phenoxy) is 4. The summed E-state index contributed by atoms with van der Waals surface area (Å²) in [5.41, 5.74) is 4.53. The van der Waals surface area contributed by atoms with Gasteiger partial charge >= 0.3 is 0 Å². The topological polar surface area (TPSA) is 36.9 Å². The number of hydrogen-bond acceptors (Lipinski definition) is 4. The second-order valence-corrected chi connectivity index (χ2v) is 15.1. The van der Waals surface area contributed by atoms with Gasteiger partial charge in [0.15, 0.2) is 11.5 Å². The summed E-state index contributed by atoms with van der Waals surface area (Å²) in [5.74, 6) is 3.84. The first-order valence-corrected chi connectivity index (χ1v) is 16.4. The van der Waals surface area contributed by atoms with E-state index in [1.54, 1.807) is 7.11 Å². The van der Waals surface area contributed by atoms with Crippen molar-refractivity contribution in [1.82, 2.24) is 0 Å². The Morgan fingerprint density at radius 2 is 1.79 bits per heavy atom. The molecule has 4 heteroatoms. The van der Waals surface area contributed by atoms with Gasteiger partial charge in [0.1, 0.15) is 11.7 Å². The van der Waals surface area contributed by atoms with Crippen molar-refractivity contribution in [2.45, 2.75) is 88.4 Å². The lowest BCUT2D eigenvalue weighted by atomic mass is 9.29. The van der Waals surface area contributed by atoms with Gasteiger partial charge in [-0.25, -0.2) is 0 Å². The molecule has 3 aromatic carbocycles. The van der Waals surface area contributed by atoms with Crippen molar-refractivity contribution in [1.29, 1.82) is 0 Å². The van der Waals surface area contributed by atoms with Crippen LogP contribution < -0.4 is 9.47 Å². The third kappa shape index (κ3) is 3.16. The highest BCUT2D eigenvalue weighted by atomic mass is 16.6. The van der Waals surface area contributed by atoms with Crippen molar-refractivity contribution >= 4 is 10.8 Å². The van der Waals surface area contributed by atoms with Crippen LogP contribution in [0.3, 0.4) is 0 Å². The van der Waals surface area contributed by atoms with E-state index in [1.807, 2.05) is 7.11 Å². The average Bonchev–Trinajstić information content (AvgIpc) is 3.75. The van der Waals surface area contributed by atoms with Crippen LogP contribution in [0.5, 0.6) is 11.5 Å². The van der Waals surface area contributed by atoms with E-state index in [2.05, 4.69) is 61.5 Å². The maximum Gasteiger partial charge on any atom is 0.165 e. The van der Waals surface area contributed by atoms with E-state index in [9.17, 15) is 0 Å². The zero-order valence-electron chi connectivity index (χ0n) is 25.4. The second kappa shape index (κ2) is 8.76. The first kappa shape index (κ1) is 25.9. The van der Waals surface area contributed by atoms with Crippen molar-refractivity contribution in [2.75, 3.05) is 20.8 Å². The van der Waals surface area contributed by atoms with Gasteiger partial charge in [0, 0.05) is 24.0 Å². The van der Waals surface area contributed by atoms with Crippen LogP contribution in [0.2, 0.25) is 0 Å². The minimum absolute atomic E-state index is 0.0152. The summed E-state index contributed by atoms with van der Waals surface area (Å²) in [6.45, 7) is 4.01. The quantitative estimate of drug-likeness (QED) is 0.278. The fraction of sp³-hybridized carbons (Fsp3) is 0.579. The van der Waals surface area contributed by atoms with Crippen LogP contribution in [0.4, 0.5) is 0 Å². The standard InChI is InChI=1S/C38H44O4/c1-35(20-24-8-9-24)14-16-37-32-28-12-13-30(39-2)33(32)42-34(37)38(40-3)17-15-36(37,31(35)19-28)21-29(38)23-41-22-25-10-11-26-6-4-5-7-27(26)18-25/h4-7,10-13,18,24,29,31,34H,8-9,14-17,19-23H2,1-3H3/t29-,31+,34-,35?,36-,37+,38-/m1/s1. The number of benzene rings is 3. The molecule has 2 spiro atoms. The number of fused-ring (bicyclic) bond motifs is 3. The fourth-order valence-electron chi connectivity index (χ4n) is 11.6. The molecule has 42 heavy (non-hydrogen) atoms. The highest BCUT2D eigenvalue weighted by molar-refractivity contribution is 5.82. The molecule has 7 atom stereocenters. The molecule has 0 saturated heterocycles. The minimum atomic E-state index is -0.349. The lowest BCUT2D eigenvalue weighted by Crippen LogP contribution is -2.79. The van der Waals surface area contributed by atoms with E-state index in [0.717, 1.165) is 23.8 Å². The lowest BCUT2D eigenvalue weighted by Gasteiger charge is -2.75. The van der Waals surface area contributed by atoms with Crippen LogP contribution in [0.15, 0.2) is 54.6 Å². The van der Waals surface area contributed by atoms with Crippen LogP contribution in [-0.2, 0) is 27.9 Å². The predicted octanol–water partition coefficient (Wildman–Crippen LogP) is 8.02. The van der Waals surface area contributed by atoms with Gasteiger partial charge in [-0.15, -0.1) is 0 Å². The molecule has 10 rings (SSSR count). The van der Waals surface area contributed by atoms with E-state index in [0.29, 0.717) is 30.5 Å². The Hall–Kier alpha value is -2.56. The summed E-state index contributed by atoms with van der Waals surface area (Å²) in [5, 5.41) is 2.55. The third-order valence-electron chi connectivity index (χ3n) is 13.4. The summed E-state index contributed by atoms with van der Waals surface area (Å²) < 4.78 is 26.6. The highest BCUT2D eigenvalue weighted by Crippen LogP contribution is 2.81. The third-order valence-corrected chi connectivity index (χ3v) is 13.4. The van der Waals surface area contributed by atoms with Crippen molar-refractivity contribution in [3.05, 3.63) is 71.3 Å². The molecule has 1 aliphatic heterocycles. The van der Waals surface area contributed by atoms with Crippen molar-refractivity contribution in [3.63, 3.8) is 0 Å². The number of methoxy groups -OCH3 is 2. The molecule has 220 valence electrons. The summed E-state index contributed by atoms with van der Waals surface area (Å²) in [4.78, 5) is 0. The Morgan fingerprint density at radius 3 is 2.60 bits per heavy atom. The fourth-order valence-corrected chi connectivity index (χ4v) is 11.6. The molecule has 4 nitrogen and oxygen atoms in total. The maximum atomic E-state index is 7.22. The molecule has 4 bridgehead atoms. The molecule has 0 radical (unpaired) electrons. The Labute approximate surface area is 250 Å². The van der Waals surface area contributed by atoms with Crippen LogP contribution >= 0.6 is 0 Å². The van der Waals surface area contributed by atoms with Crippen molar-refractivity contribution < 1.29 is 18.9 Å². The van der Waals surface area contributed by atoms with Crippen LogP contribution in [0.1, 0.15) is 75.0 Å². The van der Waals surface area contributed by atoms with E-state index >= 15 is 0 Å². The van der Waals surface area contributed by atoms with Gasteiger partial charge in [-0.3, -0.25) is 0 Å². The van der Waals surface area contributed by atoms with Gasteiger partial charge in [-0.2, -0.15) is 0 Å². The molecule has 7 aliphatic rings. The zero-order valence-corrected chi connectivity index (χ0v) is 25.4. The normalized spacial score (nSPS) is 38.8. The van der Waals surface area contributed by atoms with E-state index in [4.69, 9.17) is 18.9 Å². The van der Waals surface area contributed by atoms with Gasteiger partial charge in [0.2, 0.25) is 0 Å². The zero-order chi connectivity index (χ0) is 28.3. The lowest BCUT2D eigenvalue weighted by molar-refractivity contribution is -0.294. The second-order valence-electron chi connectivity index (χ2n) is 15.1. The highest BCUT2D eigenvalue weighted by Gasteiger charge is 2.81. The summed E-state index contributed by atoms with van der Waals surface area (Å²) in [6.07, 6.45) is 11.4. The van der Waals surface area contributed by atoms with E-state index < -0.39 is 0 Å². The smallest absolute Gasteiger partial charge is 0.165 e. The summed E-state index contributed by atoms with van der Waals surface area (Å²) in [7, 11) is 3.73. The molecule has 0 N–H and O–H groups in total. The van der Waals surface area contributed by atoms with E-state index in [-0.39, 0.29) is 22.5 Å².